The molecule has 0 aliphatic heterocycles. The van der Waals surface area contributed by atoms with Crippen LogP contribution in [0.1, 0.15) is 36.1 Å². The van der Waals surface area contributed by atoms with Crippen LogP contribution in [0.25, 0.3) is 10.9 Å². The van der Waals surface area contributed by atoms with Crippen LogP contribution >= 0.6 is 0 Å². The largest absolute Gasteiger partial charge is 0.508 e. The van der Waals surface area contributed by atoms with Crippen LogP contribution in [0, 0.1) is 0 Å². The number of hydrogen-bond acceptors (Lipinski definition) is 8. The number of para-hydroxylation sites is 1. The van der Waals surface area contributed by atoms with Crippen molar-refractivity contribution in [2.45, 2.75) is 62.7 Å². The number of fused-ring (bicyclic) bond motifs is 1. The summed E-state index contributed by atoms with van der Waals surface area (Å²) in [5.41, 5.74) is 14.3. The lowest BCUT2D eigenvalue weighted by molar-refractivity contribution is -0.142. The molecule has 244 valence electrons. The quantitative estimate of drug-likeness (QED) is 0.0740. The molecule has 4 atom stereocenters. The maximum Gasteiger partial charge on any atom is 0.326 e. The number of benzene rings is 2. The Balaban J connectivity index is 1.57. The highest BCUT2D eigenvalue weighted by atomic mass is 16.4. The van der Waals surface area contributed by atoms with E-state index in [0.29, 0.717) is 37.1 Å². The van der Waals surface area contributed by atoms with E-state index >= 15 is 0 Å². The standard InChI is InChI=1S/C32H40N8O6/c33-12-4-3-6-24(34)29(42)38-27(15-21-17-35-18-37-21)31(44)39-26(14-20-16-36-25-7-2-1-5-23(20)25)30(43)40-28(32(45)46)13-19-8-10-22(41)11-9-19/h1-2,5,7-11,16-18,24,26-28,36,41H,3-4,6,12-15,33-34H2,(H,35,37)(H,38,42)(H,39,44)(H,40,43)(H,45,46). The molecule has 0 bridgehead atoms. The number of nitrogens with one attached hydrogen (secondary N) is 5. The molecule has 0 spiro atoms. The summed E-state index contributed by atoms with van der Waals surface area (Å²) in [6.45, 7) is 0.469. The molecule has 2 heterocycles. The Hall–Kier alpha value is -5.21. The molecule has 0 fully saturated rings. The normalized spacial score (nSPS) is 13.8. The maximum absolute atomic E-state index is 13.8. The van der Waals surface area contributed by atoms with Gasteiger partial charge < -0.3 is 47.6 Å². The van der Waals surface area contributed by atoms with Gasteiger partial charge in [0.2, 0.25) is 17.7 Å². The number of carbonyl (C=O) groups excluding carboxylic acids is 3. The van der Waals surface area contributed by atoms with Crippen molar-refractivity contribution in [3.05, 3.63) is 84.1 Å². The predicted octanol–water partition coefficient (Wildman–Crippen LogP) is 0.620. The highest BCUT2D eigenvalue weighted by Crippen LogP contribution is 2.20. The molecule has 4 rings (SSSR count). The van der Waals surface area contributed by atoms with Gasteiger partial charge in [-0.15, -0.1) is 0 Å². The number of phenolic OH excluding ortho intramolecular Hbond substituents is 1. The van der Waals surface area contributed by atoms with Crippen LogP contribution in [0.5, 0.6) is 5.75 Å². The van der Waals surface area contributed by atoms with Crippen molar-refractivity contribution in [3.8, 4) is 5.75 Å². The Morgan fingerprint density at radius 1 is 0.826 bits per heavy atom. The molecule has 2 aromatic carbocycles. The van der Waals surface area contributed by atoms with Crippen LogP contribution in [-0.4, -0.2) is 79.6 Å². The van der Waals surface area contributed by atoms with Crippen molar-refractivity contribution in [2.24, 2.45) is 11.5 Å². The summed E-state index contributed by atoms with van der Waals surface area (Å²) in [7, 11) is 0. The van der Waals surface area contributed by atoms with Crippen LogP contribution in [0.4, 0.5) is 0 Å². The summed E-state index contributed by atoms with van der Waals surface area (Å²) in [6, 6.07) is 8.88. The minimum absolute atomic E-state index is 0.0226. The molecule has 4 unspecified atom stereocenters. The second-order valence-electron chi connectivity index (χ2n) is 11.1. The average Bonchev–Trinajstić information content (AvgIpc) is 3.71. The topological polar surface area (TPSA) is 241 Å². The third kappa shape index (κ3) is 9.39. The van der Waals surface area contributed by atoms with Gasteiger partial charge in [0.15, 0.2) is 0 Å². The number of aromatic hydroxyl groups is 1. The second kappa shape index (κ2) is 16.2. The number of nitrogens with two attached hydrogens (primary N) is 2. The fourth-order valence-electron chi connectivity index (χ4n) is 5.09. The first kappa shape index (κ1) is 33.7. The van der Waals surface area contributed by atoms with E-state index in [9.17, 15) is 29.4 Å². The number of hydrogen-bond donors (Lipinski definition) is 9. The number of phenols is 1. The van der Waals surface area contributed by atoms with E-state index in [1.807, 2.05) is 24.3 Å². The van der Waals surface area contributed by atoms with E-state index in [2.05, 4.69) is 30.9 Å². The molecule has 3 amide bonds. The lowest BCUT2D eigenvalue weighted by Gasteiger charge is -2.25. The Bertz CT molecular complexity index is 1600. The number of nitrogens with zero attached hydrogens (tertiary/aromatic N) is 1. The lowest BCUT2D eigenvalue weighted by Crippen LogP contribution is -2.58. The number of carboxylic acid groups (broad SMARTS) is 1. The SMILES string of the molecule is NCCCCC(N)C(=O)NC(Cc1cnc[nH]1)C(=O)NC(Cc1c[nH]c2ccccc12)C(=O)NC(Cc1ccc(O)cc1)C(=O)O. The number of amides is 3. The lowest BCUT2D eigenvalue weighted by atomic mass is 10.0. The van der Waals surface area contributed by atoms with Crippen LogP contribution in [0.15, 0.2) is 67.3 Å². The van der Waals surface area contributed by atoms with Gasteiger partial charge >= 0.3 is 5.97 Å². The fourth-order valence-corrected chi connectivity index (χ4v) is 5.09. The number of rotatable bonds is 17. The third-order valence-electron chi connectivity index (χ3n) is 7.64. The first-order valence-electron chi connectivity index (χ1n) is 15.0. The minimum atomic E-state index is -1.33. The molecule has 14 nitrogen and oxygen atoms in total. The van der Waals surface area contributed by atoms with E-state index < -0.39 is 47.9 Å². The summed E-state index contributed by atoms with van der Waals surface area (Å²) in [5, 5.41) is 28.4. The van der Waals surface area contributed by atoms with Crippen molar-refractivity contribution in [1.82, 2.24) is 30.9 Å². The number of carboxylic acids is 1. The van der Waals surface area contributed by atoms with E-state index in [0.717, 1.165) is 16.5 Å². The van der Waals surface area contributed by atoms with Gasteiger partial charge in [-0.1, -0.05) is 36.8 Å². The molecular weight excluding hydrogens is 592 g/mol. The molecule has 0 saturated heterocycles. The number of aliphatic carboxylic acids is 1. The average molecular weight is 633 g/mol. The molecule has 0 radical (unpaired) electrons. The predicted molar refractivity (Wildman–Crippen MR) is 170 cm³/mol. The number of H-pyrrole nitrogens is 2. The molecular formula is C32H40N8O6. The highest BCUT2D eigenvalue weighted by Gasteiger charge is 2.31. The first-order valence-corrected chi connectivity index (χ1v) is 15.0. The van der Waals surface area contributed by atoms with Gasteiger partial charge in [0.05, 0.1) is 12.4 Å². The van der Waals surface area contributed by atoms with Crippen molar-refractivity contribution < 1.29 is 29.4 Å². The number of carbonyl (C=O) groups is 4. The first-order chi connectivity index (χ1) is 22.1. The smallest absolute Gasteiger partial charge is 0.326 e. The van der Waals surface area contributed by atoms with Crippen molar-refractivity contribution in [1.29, 1.82) is 0 Å². The van der Waals surface area contributed by atoms with Crippen LogP contribution < -0.4 is 27.4 Å². The summed E-state index contributed by atoms with van der Waals surface area (Å²) >= 11 is 0. The van der Waals surface area contributed by atoms with Gasteiger partial charge in [0.1, 0.15) is 23.9 Å². The molecule has 0 aliphatic carbocycles. The Morgan fingerprint density at radius 3 is 2.17 bits per heavy atom. The van der Waals surface area contributed by atoms with E-state index in [1.54, 1.807) is 18.3 Å². The molecule has 0 saturated carbocycles. The van der Waals surface area contributed by atoms with Gasteiger partial charge in [-0.05, 0) is 48.7 Å². The zero-order valence-corrected chi connectivity index (χ0v) is 25.2. The molecule has 4 aromatic rings. The molecule has 11 N–H and O–H groups in total. The number of aromatic amines is 2. The zero-order chi connectivity index (χ0) is 33.1. The monoisotopic (exact) mass is 632 g/mol. The van der Waals surface area contributed by atoms with E-state index in [4.69, 9.17) is 11.5 Å². The maximum atomic E-state index is 13.8. The summed E-state index contributed by atoms with van der Waals surface area (Å²) in [4.78, 5) is 62.7. The molecule has 14 heteroatoms. The Labute approximate surface area is 265 Å². The molecule has 0 aliphatic rings. The summed E-state index contributed by atoms with van der Waals surface area (Å²) in [5.74, 6) is -3.17. The van der Waals surface area contributed by atoms with Gasteiger partial charge in [-0.2, -0.15) is 0 Å². The van der Waals surface area contributed by atoms with Gasteiger partial charge in [-0.3, -0.25) is 14.4 Å². The zero-order valence-electron chi connectivity index (χ0n) is 25.2. The van der Waals surface area contributed by atoms with Crippen LogP contribution in [0.3, 0.4) is 0 Å². The van der Waals surface area contributed by atoms with Crippen molar-refractivity contribution in [3.63, 3.8) is 0 Å². The summed E-state index contributed by atoms with van der Waals surface area (Å²) in [6.07, 6.45) is 6.41. The van der Waals surface area contributed by atoms with Crippen molar-refractivity contribution in [2.75, 3.05) is 6.54 Å². The number of imidazole rings is 1. The van der Waals surface area contributed by atoms with Gasteiger partial charge in [0.25, 0.3) is 0 Å². The minimum Gasteiger partial charge on any atom is -0.508 e. The van der Waals surface area contributed by atoms with Crippen LogP contribution in [0.2, 0.25) is 0 Å². The second-order valence-corrected chi connectivity index (χ2v) is 11.1. The molecule has 46 heavy (non-hydrogen) atoms. The van der Waals surface area contributed by atoms with Crippen LogP contribution in [-0.2, 0) is 38.4 Å². The summed E-state index contributed by atoms with van der Waals surface area (Å²) < 4.78 is 0. The molecule has 2 aromatic heterocycles. The van der Waals surface area contributed by atoms with E-state index in [-0.39, 0.29) is 25.0 Å². The number of unbranched alkanes of at least 4 members (excludes halogenated alkanes) is 1. The Morgan fingerprint density at radius 2 is 1.50 bits per heavy atom. The van der Waals surface area contributed by atoms with Crippen molar-refractivity contribution >= 4 is 34.6 Å². The third-order valence-corrected chi connectivity index (χ3v) is 7.64. The Kier molecular flexibility index (Phi) is 11.9. The van der Waals surface area contributed by atoms with E-state index in [1.165, 1.54) is 24.7 Å². The fraction of sp³-hybridized carbons (Fsp3) is 0.344. The van der Waals surface area contributed by atoms with Gasteiger partial charge in [-0.25, -0.2) is 9.78 Å². The van der Waals surface area contributed by atoms with Gasteiger partial charge in [0, 0.05) is 48.3 Å². The highest BCUT2D eigenvalue weighted by molar-refractivity contribution is 5.95. The number of aromatic nitrogens is 3.